The maximum absolute atomic E-state index is 14.6. The van der Waals surface area contributed by atoms with E-state index in [2.05, 4.69) is 66.4 Å². The van der Waals surface area contributed by atoms with Crippen LogP contribution in [0.3, 0.4) is 0 Å². The highest BCUT2D eigenvalue weighted by Gasteiger charge is 2.47. The van der Waals surface area contributed by atoms with E-state index in [0.717, 1.165) is 137 Å². The Kier molecular flexibility index (Phi) is 16.7. The number of amides is 2. The van der Waals surface area contributed by atoms with E-state index in [1.54, 1.807) is 4.90 Å². The third-order valence-electron chi connectivity index (χ3n) is 15.9. The van der Waals surface area contributed by atoms with Crippen LogP contribution in [-0.2, 0) is 62.1 Å². The predicted octanol–water partition coefficient (Wildman–Crippen LogP) is 3.23. The molecule has 6 aliphatic rings. The number of hydrogen-bond acceptors (Lipinski definition) is 18. The molecule has 0 bridgehead atoms. The van der Waals surface area contributed by atoms with E-state index in [0.29, 0.717) is 43.0 Å². The molecule has 3 aromatic carbocycles. The van der Waals surface area contributed by atoms with E-state index in [4.69, 9.17) is 14.4 Å². The van der Waals surface area contributed by atoms with Gasteiger partial charge in [-0.15, -0.1) is 0 Å². The highest BCUT2D eigenvalue weighted by atomic mass is 31.3. The Morgan fingerprint density at radius 2 is 1.58 bits per heavy atom. The zero-order chi connectivity index (χ0) is 56.8. The molecule has 0 saturated carbocycles. The van der Waals surface area contributed by atoms with Crippen molar-refractivity contribution in [2.24, 2.45) is 0 Å². The lowest BCUT2D eigenvalue weighted by Crippen LogP contribution is -2.45. The van der Waals surface area contributed by atoms with Gasteiger partial charge in [-0.25, -0.2) is 33.0 Å². The minimum absolute atomic E-state index is 0.0744. The lowest BCUT2D eigenvalue weighted by molar-refractivity contribution is -0.212. The lowest BCUT2D eigenvalue weighted by Gasteiger charge is -2.39. The number of nitrogens with zero attached hydrogens (tertiary/aromatic N) is 7. The Balaban J connectivity index is 0.656. The number of unbranched alkanes of at least 4 members (excludes halogenated alkanes) is 3. The van der Waals surface area contributed by atoms with Crippen molar-refractivity contribution in [1.82, 2.24) is 34.3 Å². The van der Waals surface area contributed by atoms with E-state index in [1.807, 2.05) is 25.2 Å². The van der Waals surface area contributed by atoms with Gasteiger partial charge in [0.15, 0.2) is 23.2 Å². The average molecular weight is 1180 g/mol. The minimum atomic E-state index is -5.86. The summed E-state index contributed by atoms with van der Waals surface area (Å²) in [6.45, 7) is 4.68. The molecule has 2 aromatic heterocycles. The largest absolute Gasteiger partial charge is 0.756 e. The maximum atomic E-state index is 14.6. The number of hydrogen-bond donors (Lipinski definition) is 7. The highest BCUT2D eigenvalue weighted by Crippen LogP contribution is 2.65. The molecular weight excluding hydrogens is 1110 g/mol. The van der Waals surface area contributed by atoms with Gasteiger partial charge < -0.3 is 59.7 Å². The number of aliphatic hydroxyl groups is 2. The van der Waals surface area contributed by atoms with Gasteiger partial charge in [0.2, 0.25) is 11.3 Å². The van der Waals surface area contributed by atoms with Crippen LogP contribution in [-0.4, -0.2) is 139 Å². The van der Waals surface area contributed by atoms with E-state index in [9.17, 15) is 48.2 Å². The fraction of sp³-hybridized carbons (Fsp3) is 0.509. The molecule has 1 saturated heterocycles. The Hall–Kier alpha value is -5.49. The number of benzene rings is 3. The van der Waals surface area contributed by atoms with Gasteiger partial charge in [-0.1, -0.05) is 31.0 Å². The van der Waals surface area contributed by atoms with Crippen LogP contribution in [0.5, 0.6) is 11.5 Å². The Morgan fingerprint density at radius 1 is 0.840 bits per heavy atom. The summed E-state index contributed by atoms with van der Waals surface area (Å²) in [4.78, 5) is 83.4. The van der Waals surface area contributed by atoms with Gasteiger partial charge in [-0.05, 0) is 87.1 Å². The number of anilines is 2. The standard InChI is InChI=1S/C53H66N9O16P3/c1-59(52(66)35-16-5-4-15-34(35)42-38-27-32-13-8-23-60-25-10-17-36(44(32)60)48(38)76-49-37-18-11-26-61-24-9-14-33(45(37)61)28-39(42)49)22-12-19-41(63)54-20-6-2-3-7-21-55-50-43-51(57-30-56-50)62(31-58-43)53-47(65)46(64)40(75-53)29-74-80(70,71)78-81(72,73)77-79(67,68)69/h4-5,15-16,27-28,30-31,40,46-47,53,64-65H,2-3,6-14,17-26,29H2,1H3,(H5-,54,55,56,57,63,67,68,69,70,71,72,73)/t40-,46-,47-,53-/m1/s1. The zero-order valence-electron chi connectivity index (χ0n) is 44.7. The van der Waals surface area contributed by atoms with Crippen molar-refractivity contribution < 1.29 is 75.7 Å². The molecule has 7 atom stereocenters. The highest BCUT2D eigenvalue weighted by molar-refractivity contribution is 7.66. The summed E-state index contributed by atoms with van der Waals surface area (Å²) in [7, 11) is -15.4. The molecule has 6 aliphatic heterocycles. The maximum Gasteiger partial charge on any atom is 0.487 e. The van der Waals surface area contributed by atoms with Gasteiger partial charge >= 0.3 is 15.6 Å². The van der Waals surface area contributed by atoms with Crippen molar-refractivity contribution in [3.05, 3.63) is 98.6 Å². The summed E-state index contributed by atoms with van der Waals surface area (Å²) in [5.41, 5.74) is 10.9. The van der Waals surface area contributed by atoms with Gasteiger partial charge in [0.25, 0.3) is 13.7 Å². The monoisotopic (exact) mass is 1180 g/mol. The molecule has 0 radical (unpaired) electrons. The van der Waals surface area contributed by atoms with E-state index in [-0.39, 0.29) is 23.9 Å². The summed E-state index contributed by atoms with van der Waals surface area (Å²) in [5, 5.41) is 30.1. The Bertz CT molecular complexity index is 3550. The van der Waals surface area contributed by atoms with Crippen molar-refractivity contribution in [2.45, 2.75) is 114 Å². The van der Waals surface area contributed by atoms with Crippen LogP contribution in [0, 0.1) is 0 Å². The quantitative estimate of drug-likeness (QED) is 0.0291. The molecule has 28 heteroatoms. The van der Waals surface area contributed by atoms with E-state index < -0.39 is 54.6 Å². The van der Waals surface area contributed by atoms with Crippen LogP contribution >= 0.6 is 23.5 Å². The third-order valence-corrected chi connectivity index (χ3v) is 19.6. The van der Waals surface area contributed by atoms with Gasteiger partial charge in [0, 0.05) is 97.8 Å². The summed E-state index contributed by atoms with van der Waals surface area (Å²) in [5.74, 6) is 2.12. The summed E-state index contributed by atoms with van der Waals surface area (Å²) in [6.07, 6.45) is 8.61. The molecule has 8 heterocycles. The first-order valence-electron chi connectivity index (χ1n) is 27.6. The Labute approximate surface area is 466 Å². The second kappa shape index (κ2) is 23.6. The molecule has 81 heavy (non-hydrogen) atoms. The number of rotatable bonds is 22. The second-order valence-corrected chi connectivity index (χ2v) is 25.7. The molecule has 25 nitrogen and oxygen atoms in total. The lowest BCUT2D eigenvalue weighted by atomic mass is 9.81. The van der Waals surface area contributed by atoms with E-state index >= 15 is 0 Å². The average Bonchev–Trinajstić information content (AvgIpc) is 2.86. The molecule has 5 aromatic rings. The van der Waals surface area contributed by atoms with Crippen LogP contribution < -0.4 is 40.3 Å². The first-order valence-corrected chi connectivity index (χ1v) is 32.1. The predicted molar refractivity (Wildman–Crippen MR) is 292 cm³/mol. The third kappa shape index (κ3) is 12.2. The van der Waals surface area contributed by atoms with Crippen LogP contribution in [0.4, 0.5) is 11.5 Å². The number of phosphoric ester groups is 1. The van der Waals surface area contributed by atoms with Gasteiger partial charge in [-0.3, -0.25) is 23.2 Å². The minimum Gasteiger partial charge on any atom is -0.756 e. The summed E-state index contributed by atoms with van der Waals surface area (Å²) in [6, 6.07) is 12.7. The number of carbonyl (C=O) groups excluding carboxylic acids is 2. The molecule has 2 amide bonds. The number of aromatic nitrogens is 4. The molecule has 7 N–H and O–H groups in total. The summed E-state index contributed by atoms with van der Waals surface area (Å²) >= 11 is 0. The van der Waals surface area contributed by atoms with Gasteiger partial charge in [0.1, 0.15) is 49.2 Å². The zero-order valence-corrected chi connectivity index (χ0v) is 47.4. The topological polar surface area (TPSA) is 333 Å². The first kappa shape index (κ1) is 57.3. The van der Waals surface area contributed by atoms with Crippen LogP contribution in [0.1, 0.15) is 114 Å². The number of nitrogens with one attached hydrogen (secondary N) is 2. The second-order valence-electron chi connectivity index (χ2n) is 21.4. The van der Waals surface area contributed by atoms with Crippen molar-refractivity contribution in [3.63, 3.8) is 0 Å². The molecule has 0 spiro atoms. The van der Waals surface area contributed by atoms with Crippen molar-refractivity contribution >= 4 is 63.5 Å². The van der Waals surface area contributed by atoms with Gasteiger partial charge in [-0.2, -0.15) is 4.31 Å². The molecule has 0 aliphatic carbocycles. The van der Waals surface area contributed by atoms with Crippen LogP contribution in [0.15, 0.2) is 49.1 Å². The SMILES string of the molecule is CN(CCCC(=O)NCCCCCCNc1ncnc2c1ncn2[C@@H]1O[C@H](COP(=O)(O)OP(=O)(O)OP(=O)([O-])O)[C@@H](O)[C@H]1O)C(=O)c1ccccc1C1=c2cc3c4c(c2Oc2c1cc1c5c2CCCN5CCC1)CCC[N+]=4CCC3. The first-order chi connectivity index (χ1) is 38.8. The molecule has 434 valence electrons. The number of aryl methyl sites for hydroxylation is 2. The van der Waals surface area contributed by atoms with Crippen molar-refractivity contribution in [3.8, 4) is 11.5 Å². The molecule has 11 rings (SSSR count). The number of ether oxygens (including phenoxy) is 2. The van der Waals surface area contributed by atoms with Crippen LogP contribution in [0.2, 0.25) is 0 Å². The summed E-state index contributed by atoms with van der Waals surface area (Å²) < 4.78 is 63.2. The number of imidazole rings is 1. The van der Waals surface area contributed by atoms with Crippen molar-refractivity contribution in [1.29, 1.82) is 0 Å². The van der Waals surface area contributed by atoms with E-state index in [1.165, 1.54) is 50.5 Å². The molecular formula is C53H66N9O16P3. The number of aliphatic hydroxyl groups excluding tert-OH is 2. The number of carbonyl (C=O) groups is 2. The van der Waals surface area contributed by atoms with Gasteiger partial charge in [0.05, 0.1) is 18.5 Å². The normalized spacial score (nSPS) is 22.1. The smallest absolute Gasteiger partial charge is 0.487 e. The number of fused-ring (bicyclic) bond motifs is 5. The fourth-order valence-electron chi connectivity index (χ4n) is 12.3. The Morgan fingerprint density at radius 3 is 2.38 bits per heavy atom. The number of phosphoric acid groups is 3. The molecule has 1 fully saturated rings. The van der Waals surface area contributed by atoms with Crippen LogP contribution in [0.25, 0.3) is 16.7 Å². The fourth-order valence-corrected chi connectivity index (χ4v) is 15.3. The van der Waals surface area contributed by atoms with Crippen molar-refractivity contribution in [2.75, 3.05) is 69.7 Å². The molecule has 3 unspecified atom stereocenters.